The lowest BCUT2D eigenvalue weighted by Crippen LogP contribution is -2.32. The zero-order chi connectivity index (χ0) is 29.3. The Kier molecular flexibility index (Phi) is 10.4. The van der Waals surface area contributed by atoms with E-state index >= 15 is 0 Å². The van der Waals surface area contributed by atoms with Crippen LogP contribution in [-0.4, -0.2) is 37.1 Å². The molecule has 0 saturated heterocycles. The topological polar surface area (TPSA) is 118 Å². The number of alkyl halides is 3. The van der Waals surface area contributed by atoms with Crippen molar-refractivity contribution in [3.63, 3.8) is 0 Å². The minimum atomic E-state index is -4.65. The van der Waals surface area contributed by atoms with Crippen molar-refractivity contribution in [2.45, 2.75) is 13.1 Å². The molecule has 210 valence electrons. The molecule has 3 aromatic rings. The Bertz CT molecular complexity index is 1430. The number of halogens is 5. The highest BCUT2D eigenvalue weighted by molar-refractivity contribution is 14.1. The van der Waals surface area contributed by atoms with Gasteiger partial charge in [-0.25, -0.2) is 9.82 Å². The van der Waals surface area contributed by atoms with Crippen LogP contribution in [0.15, 0.2) is 65.8 Å². The average Bonchev–Trinajstić information content (AvgIpc) is 2.89. The Morgan fingerprint density at radius 3 is 2.30 bits per heavy atom. The van der Waals surface area contributed by atoms with E-state index in [0.29, 0.717) is 9.13 Å². The van der Waals surface area contributed by atoms with E-state index < -0.39 is 47.6 Å². The molecule has 3 aromatic carbocycles. The second-order valence-electron chi connectivity index (χ2n) is 7.78. The largest absolute Gasteiger partial charge is 0.490 e. The Hall–Kier alpha value is -4.21. The first-order chi connectivity index (χ1) is 19.0. The van der Waals surface area contributed by atoms with Gasteiger partial charge in [0.1, 0.15) is 5.82 Å². The van der Waals surface area contributed by atoms with E-state index in [4.69, 9.17) is 9.47 Å². The summed E-state index contributed by atoms with van der Waals surface area (Å²) in [5.74, 6) is -3.45. The number of anilines is 2. The molecule has 3 N–H and O–H groups in total. The second-order valence-corrected chi connectivity index (χ2v) is 8.94. The lowest BCUT2D eigenvalue weighted by Gasteiger charge is -2.16. The van der Waals surface area contributed by atoms with Gasteiger partial charge in [0, 0.05) is 0 Å². The standard InChI is InChI=1S/C26H21F4IN4O5/c1-2-39-21-12-15(13-32-35-25(38)24(37)34-20-10-6-4-8-17(20)27)11-18(31)23(21)40-14-22(36)33-19-9-5-3-7-16(19)26(28,29)30/h3-13H,2,14H2,1H3,(H,33,36)(H,34,37)(H,35,38)/b32-13-. The number of rotatable bonds is 9. The number of hydrogen-bond acceptors (Lipinski definition) is 6. The fourth-order valence-electron chi connectivity index (χ4n) is 3.19. The van der Waals surface area contributed by atoms with Crippen LogP contribution in [0.25, 0.3) is 0 Å². The number of amides is 3. The van der Waals surface area contributed by atoms with Crippen LogP contribution >= 0.6 is 22.6 Å². The van der Waals surface area contributed by atoms with Gasteiger partial charge in [-0.15, -0.1) is 0 Å². The van der Waals surface area contributed by atoms with Crippen LogP contribution in [0.3, 0.4) is 0 Å². The van der Waals surface area contributed by atoms with Crippen molar-refractivity contribution >= 4 is 57.9 Å². The molecule has 0 fully saturated rings. The predicted molar refractivity (Wildman–Crippen MR) is 147 cm³/mol. The summed E-state index contributed by atoms with van der Waals surface area (Å²) < 4.78 is 64.8. The molecule has 0 heterocycles. The molecular weight excluding hydrogens is 651 g/mol. The number of carbonyl (C=O) groups is 3. The first-order valence-electron chi connectivity index (χ1n) is 11.4. The molecule has 0 aromatic heterocycles. The minimum absolute atomic E-state index is 0.159. The number of para-hydroxylation sites is 2. The van der Waals surface area contributed by atoms with E-state index in [1.165, 1.54) is 42.6 Å². The summed E-state index contributed by atoms with van der Waals surface area (Å²) in [6.45, 7) is 1.31. The Morgan fingerprint density at radius 2 is 1.62 bits per heavy atom. The van der Waals surface area contributed by atoms with Crippen LogP contribution in [0.2, 0.25) is 0 Å². The molecule has 3 rings (SSSR count). The van der Waals surface area contributed by atoms with E-state index in [2.05, 4.69) is 15.7 Å². The molecule has 9 nitrogen and oxygen atoms in total. The fraction of sp³-hybridized carbons (Fsp3) is 0.154. The third kappa shape index (κ3) is 8.39. The van der Waals surface area contributed by atoms with Crippen LogP contribution in [0.1, 0.15) is 18.1 Å². The molecule has 0 atom stereocenters. The van der Waals surface area contributed by atoms with Gasteiger partial charge >= 0.3 is 18.0 Å². The summed E-state index contributed by atoms with van der Waals surface area (Å²) in [6, 6.07) is 12.9. The van der Waals surface area contributed by atoms with Gasteiger partial charge in [-0.2, -0.15) is 18.3 Å². The first-order valence-corrected chi connectivity index (χ1v) is 12.5. The van der Waals surface area contributed by atoms with Crippen molar-refractivity contribution < 1.29 is 41.4 Å². The molecule has 0 unspecified atom stereocenters. The smallest absolute Gasteiger partial charge is 0.418 e. The third-order valence-electron chi connectivity index (χ3n) is 4.89. The number of benzene rings is 3. The normalized spacial score (nSPS) is 11.2. The quantitative estimate of drug-likeness (QED) is 0.0978. The molecule has 3 amide bonds. The van der Waals surface area contributed by atoms with E-state index in [0.717, 1.165) is 18.2 Å². The van der Waals surface area contributed by atoms with Crippen molar-refractivity contribution in [2.75, 3.05) is 23.8 Å². The highest BCUT2D eigenvalue weighted by Gasteiger charge is 2.33. The average molecular weight is 672 g/mol. The van der Waals surface area contributed by atoms with Gasteiger partial charge in [-0.1, -0.05) is 24.3 Å². The fourth-order valence-corrected chi connectivity index (χ4v) is 3.97. The molecule has 0 bridgehead atoms. The van der Waals surface area contributed by atoms with Gasteiger partial charge < -0.3 is 20.1 Å². The second kappa shape index (κ2) is 13.7. The molecular formula is C26H21F4IN4O5. The molecule has 0 spiro atoms. The number of carbonyl (C=O) groups excluding carboxylic acids is 3. The van der Waals surface area contributed by atoms with Gasteiger partial charge in [0.15, 0.2) is 18.1 Å². The van der Waals surface area contributed by atoms with Crippen molar-refractivity contribution in [1.29, 1.82) is 0 Å². The number of hydrogen-bond donors (Lipinski definition) is 3. The van der Waals surface area contributed by atoms with E-state index in [-0.39, 0.29) is 23.8 Å². The van der Waals surface area contributed by atoms with Crippen LogP contribution in [0.4, 0.5) is 28.9 Å². The first kappa shape index (κ1) is 30.3. The Balaban J connectivity index is 1.65. The van der Waals surface area contributed by atoms with Gasteiger partial charge in [0.25, 0.3) is 5.91 Å². The Labute approximate surface area is 239 Å². The predicted octanol–water partition coefficient (Wildman–Crippen LogP) is 4.95. The summed E-state index contributed by atoms with van der Waals surface area (Å²) in [4.78, 5) is 36.3. The summed E-state index contributed by atoms with van der Waals surface area (Å²) >= 11 is 1.89. The maximum atomic E-state index is 13.7. The molecule has 14 heteroatoms. The molecule has 0 aliphatic carbocycles. The lowest BCUT2D eigenvalue weighted by atomic mass is 10.1. The monoisotopic (exact) mass is 672 g/mol. The van der Waals surface area contributed by atoms with Crippen molar-refractivity contribution in [3.05, 3.63) is 81.2 Å². The van der Waals surface area contributed by atoms with Gasteiger partial charge in [-0.3, -0.25) is 14.4 Å². The number of ether oxygens (including phenoxy) is 2. The zero-order valence-corrected chi connectivity index (χ0v) is 22.8. The number of hydrazone groups is 1. The highest BCUT2D eigenvalue weighted by Crippen LogP contribution is 2.35. The van der Waals surface area contributed by atoms with Crippen molar-refractivity contribution in [3.8, 4) is 11.5 Å². The summed E-state index contributed by atoms with van der Waals surface area (Å²) in [5, 5.41) is 8.03. The van der Waals surface area contributed by atoms with E-state index in [1.807, 2.05) is 28.0 Å². The maximum Gasteiger partial charge on any atom is 0.418 e. The van der Waals surface area contributed by atoms with E-state index in [1.54, 1.807) is 13.0 Å². The molecule has 0 saturated carbocycles. The lowest BCUT2D eigenvalue weighted by molar-refractivity contribution is -0.137. The highest BCUT2D eigenvalue weighted by atomic mass is 127. The molecule has 0 aliphatic rings. The summed E-state index contributed by atoms with van der Waals surface area (Å²) in [6.07, 6.45) is -3.44. The Morgan fingerprint density at radius 1 is 0.950 bits per heavy atom. The number of nitrogens with one attached hydrogen (secondary N) is 3. The minimum Gasteiger partial charge on any atom is -0.490 e. The van der Waals surface area contributed by atoms with Crippen LogP contribution in [-0.2, 0) is 20.6 Å². The SMILES string of the molecule is CCOc1cc(/C=N\NC(=O)C(=O)Nc2ccccc2F)cc(I)c1OCC(=O)Nc1ccccc1C(F)(F)F. The van der Waals surface area contributed by atoms with Crippen molar-refractivity contribution in [2.24, 2.45) is 5.10 Å². The van der Waals surface area contributed by atoms with Crippen LogP contribution in [0.5, 0.6) is 11.5 Å². The van der Waals surface area contributed by atoms with Gasteiger partial charge in [0.05, 0.1) is 33.3 Å². The van der Waals surface area contributed by atoms with Crippen LogP contribution < -0.4 is 25.5 Å². The molecule has 0 aliphatic heterocycles. The summed E-state index contributed by atoms with van der Waals surface area (Å²) in [5.41, 5.74) is 0.873. The van der Waals surface area contributed by atoms with Crippen LogP contribution in [0, 0.1) is 9.39 Å². The molecule has 40 heavy (non-hydrogen) atoms. The van der Waals surface area contributed by atoms with Gasteiger partial charge in [0.2, 0.25) is 0 Å². The van der Waals surface area contributed by atoms with Crippen molar-refractivity contribution in [1.82, 2.24) is 5.43 Å². The zero-order valence-electron chi connectivity index (χ0n) is 20.6. The van der Waals surface area contributed by atoms with Gasteiger partial charge in [-0.05, 0) is 71.5 Å². The van der Waals surface area contributed by atoms with E-state index in [9.17, 15) is 31.9 Å². The third-order valence-corrected chi connectivity index (χ3v) is 5.70. The summed E-state index contributed by atoms with van der Waals surface area (Å²) in [7, 11) is 0. The maximum absolute atomic E-state index is 13.7. The number of nitrogens with zero attached hydrogens (tertiary/aromatic N) is 1. The molecule has 0 radical (unpaired) electrons.